The number of aromatic carboxylic acids is 1. The van der Waals surface area contributed by atoms with E-state index in [0.717, 1.165) is 41.7 Å². The van der Waals surface area contributed by atoms with Crippen LogP contribution in [0.2, 0.25) is 0 Å². The van der Waals surface area contributed by atoms with E-state index in [1.165, 1.54) is 19.3 Å². The Bertz CT molecular complexity index is 740. The summed E-state index contributed by atoms with van der Waals surface area (Å²) < 4.78 is 5.89. The number of hydrogen-bond donors (Lipinski definition) is 0. The molecule has 0 spiro atoms. The number of carbonyl (C=O) groups excluding carboxylic acids is 1. The molecule has 1 heterocycles. The number of rotatable bonds is 7. The van der Waals surface area contributed by atoms with Crippen molar-refractivity contribution in [3.8, 4) is 11.5 Å². The van der Waals surface area contributed by atoms with Crippen molar-refractivity contribution in [3.63, 3.8) is 0 Å². The van der Waals surface area contributed by atoms with Crippen LogP contribution in [0.4, 0.5) is 0 Å². The van der Waals surface area contributed by atoms with E-state index in [2.05, 4.69) is 6.92 Å². The maximum absolute atomic E-state index is 11.8. The van der Waals surface area contributed by atoms with Gasteiger partial charge in [0.15, 0.2) is 0 Å². The van der Waals surface area contributed by atoms with Crippen molar-refractivity contribution >= 4 is 5.97 Å². The molecule has 4 heteroatoms. The number of ether oxygens (including phenoxy) is 1. The first kappa shape index (κ1) is 20.7. The molecule has 2 aromatic carbocycles. The van der Waals surface area contributed by atoms with Crippen LogP contribution in [0.5, 0.6) is 11.5 Å². The van der Waals surface area contributed by atoms with Crippen LogP contribution in [0.25, 0.3) is 0 Å². The van der Waals surface area contributed by atoms with Gasteiger partial charge in [0.25, 0.3) is 0 Å². The van der Waals surface area contributed by atoms with Gasteiger partial charge in [-0.05, 0) is 36.1 Å². The van der Waals surface area contributed by atoms with Crippen LogP contribution >= 0.6 is 0 Å². The van der Waals surface area contributed by atoms with Gasteiger partial charge in [-0.1, -0.05) is 56.9 Å². The van der Waals surface area contributed by atoms with Crippen LogP contribution in [-0.2, 0) is 12.8 Å². The summed E-state index contributed by atoms with van der Waals surface area (Å²) in [5.74, 6) is 0.350. The van der Waals surface area contributed by atoms with Gasteiger partial charge in [-0.15, -0.1) is 0 Å². The number of para-hydroxylation sites is 1. The van der Waals surface area contributed by atoms with Gasteiger partial charge >= 0.3 is 51.4 Å². The van der Waals surface area contributed by atoms with Gasteiger partial charge in [-0.25, -0.2) is 0 Å². The van der Waals surface area contributed by atoms with E-state index in [-0.39, 0.29) is 51.4 Å². The van der Waals surface area contributed by atoms with E-state index >= 15 is 0 Å². The van der Waals surface area contributed by atoms with Gasteiger partial charge in [0, 0.05) is 17.5 Å². The molecule has 25 heavy (non-hydrogen) atoms. The van der Waals surface area contributed by atoms with Crippen LogP contribution in [0.15, 0.2) is 36.4 Å². The average Bonchev–Trinajstić information content (AvgIpc) is 2.59. The smallest absolute Gasteiger partial charge is 0.545 e. The minimum Gasteiger partial charge on any atom is -0.545 e. The second-order valence-electron chi connectivity index (χ2n) is 6.41. The van der Waals surface area contributed by atoms with Crippen molar-refractivity contribution in [2.45, 2.75) is 51.9 Å². The zero-order chi connectivity index (χ0) is 16.9. The van der Waals surface area contributed by atoms with Gasteiger partial charge in [-0.3, -0.25) is 0 Å². The average molecular weight is 363 g/mol. The fraction of sp³-hybridized carbons (Fsp3) is 0.381. The van der Waals surface area contributed by atoms with Crippen LogP contribution in [0, 0.1) is 0 Å². The molecule has 3 nitrogen and oxygen atoms in total. The molecule has 0 radical (unpaired) electrons. The number of unbranched alkanes of at least 4 members (excludes halogenated alkanes) is 4. The third-order valence-corrected chi connectivity index (χ3v) is 4.67. The first-order valence-electron chi connectivity index (χ1n) is 8.82. The molecule has 0 aliphatic carbocycles. The van der Waals surface area contributed by atoms with Crippen LogP contribution in [-0.4, -0.2) is 5.97 Å². The molecule has 1 aliphatic heterocycles. The molecule has 0 amide bonds. The number of carbonyl (C=O) groups is 1. The molecule has 1 aliphatic rings. The molecule has 126 valence electrons. The topological polar surface area (TPSA) is 49.4 Å². The fourth-order valence-electron chi connectivity index (χ4n) is 3.39. The fourth-order valence-corrected chi connectivity index (χ4v) is 3.39. The van der Waals surface area contributed by atoms with E-state index in [9.17, 15) is 9.90 Å². The number of aryl methyl sites for hydroxylation is 1. The molecular formula is C21H23KO3. The van der Waals surface area contributed by atoms with Gasteiger partial charge in [-0.2, -0.15) is 0 Å². The largest absolute Gasteiger partial charge is 1.00 e. The Hall–Kier alpha value is -0.654. The Kier molecular flexibility index (Phi) is 8.17. The van der Waals surface area contributed by atoms with Crippen molar-refractivity contribution in [2.24, 2.45) is 0 Å². The van der Waals surface area contributed by atoms with Crippen molar-refractivity contribution in [3.05, 3.63) is 58.7 Å². The minimum atomic E-state index is -1.10. The first-order valence-corrected chi connectivity index (χ1v) is 8.82. The van der Waals surface area contributed by atoms with Crippen molar-refractivity contribution in [2.75, 3.05) is 0 Å². The monoisotopic (exact) mass is 362 g/mol. The Labute approximate surface area is 192 Å². The molecule has 0 N–H and O–H groups in total. The maximum Gasteiger partial charge on any atom is 1.00 e. The minimum absolute atomic E-state index is 0. The Morgan fingerprint density at radius 3 is 2.56 bits per heavy atom. The molecule has 0 unspecified atom stereocenters. The Balaban J connectivity index is 0.00000225. The second kappa shape index (κ2) is 9.88. The summed E-state index contributed by atoms with van der Waals surface area (Å²) in [5.41, 5.74) is 2.97. The number of carboxylic acids is 1. The van der Waals surface area contributed by atoms with E-state index in [1.807, 2.05) is 36.4 Å². The SMILES string of the molecule is CCCCCCCc1ccc2c(c1C(=O)[O-])Cc1ccccc1O2.[K+]. The Morgan fingerprint density at radius 2 is 1.80 bits per heavy atom. The van der Waals surface area contributed by atoms with Gasteiger partial charge < -0.3 is 14.6 Å². The molecular weight excluding hydrogens is 339 g/mol. The van der Waals surface area contributed by atoms with Crippen LogP contribution in [0.1, 0.15) is 66.1 Å². The Morgan fingerprint density at radius 1 is 1.04 bits per heavy atom. The summed E-state index contributed by atoms with van der Waals surface area (Å²) in [7, 11) is 0. The summed E-state index contributed by atoms with van der Waals surface area (Å²) in [4.78, 5) is 11.8. The van der Waals surface area contributed by atoms with Crippen molar-refractivity contribution in [1.82, 2.24) is 0 Å². The molecule has 0 saturated carbocycles. The van der Waals surface area contributed by atoms with E-state index in [0.29, 0.717) is 17.7 Å². The van der Waals surface area contributed by atoms with Crippen molar-refractivity contribution < 1.29 is 66.0 Å². The quantitative estimate of drug-likeness (QED) is 0.470. The number of carboxylic acid groups (broad SMARTS) is 1. The predicted molar refractivity (Wildman–Crippen MR) is 92.6 cm³/mol. The molecule has 3 rings (SSSR count). The summed E-state index contributed by atoms with van der Waals surface area (Å²) in [6.45, 7) is 2.19. The van der Waals surface area contributed by atoms with E-state index in [4.69, 9.17) is 4.74 Å². The van der Waals surface area contributed by atoms with Gasteiger partial charge in [0.05, 0.1) is 5.97 Å². The summed E-state index contributed by atoms with van der Waals surface area (Å²) >= 11 is 0. The maximum atomic E-state index is 11.8. The summed E-state index contributed by atoms with van der Waals surface area (Å²) in [5, 5.41) is 11.8. The number of hydrogen-bond acceptors (Lipinski definition) is 3. The van der Waals surface area contributed by atoms with Crippen LogP contribution in [0.3, 0.4) is 0 Å². The number of benzene rings is 2. The summed E-state index contributed by atoms with van der Waals surface area (Å²) in [6.07, 6.45) is 7.16. The third-order valence-electron chi connectivity index (χ3n) is 4.67. The zero-order valence-electron chi connectivity index (χ0n) is 15.1. The molecule has 0 aromatic heterocycles. The molecule has 0 saturated heterocycles. The van der Waals surface area contributed by atoms with Crippen LogP contribution < -0.4 is 61.2 Å². The van der Waals surface area contributed by atoms with E-state index < -0.39 is 5.97 Å². The van der Waals surface area contributed by atoms with Gasteiger partial charge in [0.2, 0.25) is 0 Å². The zero-order valence-corrected chi connectivity index (χ0v) is 18.3. The second-order valence-corrected chi connectivity index (χ2v) is 6.41. The van der Waals surface area contributed by atoms with Crippen molar-refractivity contribution in [1.29, 1.82) is 0 Å². The molecule has 0 atom stereocenters. The first-order chi connectivity index (χ1) is 11.7. The standard InChI is InChI=1S/C21H24O3.K/c1-2-3-4-5-6-9-15-12-13-19-17(20(15)21(22)23)14-16-10-7-8-11-18(16)24-19;/h7-8,10-13H,2-6,9,14H2,1H3,(H,22,23);/q;+1/p-1. The predicted octanol–water partition coefficient (Wildman–Crippen LogP) is 1.26. The molecule has 0 fully saturated rings. The molecule has 0 bridgehead atoms. The van der Waals surface area contributed by atoms with E-state index in [1.54, 1.807) is 0 Å². The molecule has 2 aromatic rings. The van der Waals surface area contributed by atoms with Gasteiger partial charge in [0.1, 0.15) is 11.5 Å². The number of fused-ring (bicyclic) bond motifs is 2. The normalized spacial score (nSPS) is 11.7. The summed E-state index contributed by atoms with van der Waals surface area (Å²) in [6, 6.07) is 11.6. The third kappa shape index (κ3) is 4.95.